The number of amides is 2. The lowest BCUT2D eigenvalue weighted by atomic mass is 10.1. The summed E-state index contributed by atoms with van der Waals surface area (Å²) < 4.78 is 4.69. The first-order valence-electron chi connectivity index (χ1n) is 8.14. The van der Waals surface area contributed by atoms with Crippen LogP contribution in [-0.4, -0.2) is 24.9 Å². The van der Waals surface area contributed by atoms with Crippen LogP contribution in [0.1, 0.15) is 21.5 Å². The third kappa shape index (κ3) is 3.44. The maximum Gasteiger partial charge on any atom is 0.337 e. The van der Waals surface area contributed by atoms with Crippen molar-refractivity contribution < 1.29 is 19.1 Å². The number of nitrogens with zero attached hydrogens (tertiary/aromatic N) is 1. The number of esters is 1. The number of hydrogen-bond acceptors (Lipinski definition) is 5. The summed E-state index contributed by atoms with van der Waals surface area (Å²) in [4.78, 5) is 38.2. The fourth-order valence-corrected chi connectivity index (χ4v) is 2.99. The van der Waals surface area contributed by atoms with Gasteiger partial charge in [-0.15, -0.1) is 0 Å². The number of halogens is 1. The number of hydrogen-bond donors (Lipinski definition) is 1. The summed E-state index contributed by atoms with van der Waals surface area (Å²) in [5.41, 5.74) is 2.89. The Labute approximate surface area is 161 Å². The van der Waals surface area contributed by atoms with Gasteiger partial charge in [0.05, 0.1) is 18.4 Å². The zero-order chi connectivity index (χ0) is 19.7. The lowest BCUT2D eigenvalue weighted by Gasteiger charge is -2.18. The van der Waals surface area contributed by atoms with Crippen molar-refractivity contribution in [3.05, 3.63) is 69.9 Å². The van der Waals surface area contributed by atoms with Gasteiger partial charge in [-0.05, 0) is 49.2 Å². The number of carbonyl (C=O) groups is 3. The lowest BCUT2D eigenvalue weighted by Crippen LogP contribution is -2.32. The van der Waals surface area contributed by atoms with Crippen molar-refractivity contribution in [2.45, 2.75) is 13.8 Å². The molecule has 1 heterocycles. The average molecular weight is 385 g/mol. The van der Waals surface area contributed by atoms with Gasteiger partial charge in [0.1, 0.15) is 10.7 Å². The molecule has 138 valence electrons. The summed E-state index contributed by atoms with van der Waals surface area (Å²) in [5, 5.41) is 2.65. The Balaban J connectivity index is 1.93. The van der Waals surface area contributed by atoms with Crippen molar-refractivity contribution >= 4 is 40.8 Å². The van der Waals surface area contributed by atoms with Crippen molar-refractivity contribution in [3.8, 4) is 0 Å². The van der Waals surface area contributed by atoms with Gasteiger partial charge in [-0.25, -0.2) is 9.69 Å². The number of carbonyl (C=O) groups excluding carboxylic acids is 3. The summed E-state index contributed by atoms with van der Waals surface area (Å²) in [7, 11) is 1.28. The van der Waals surface area contributed by atoms with Crippen LogP contribution < -0.4 is 10.2 Å². The molecule has 0 saturated carbocycles. The van der Waals surface area contributed by atoms with Crippen molar-refractivity contribution in [1.82, 2.24) is 0 Å². The highest BCUT2D eigenvalue weighted by atomic mass is 35.5. The average Bonchev–Trinajstić information content (AvgIpc) is 2.87. The van der Waals surface area contributed by atoms with Crippen LogP contribution in [0, 0.1) is 13.8 Å². The number of aryl methyl sites for hydroxylation is 2. The number of rotatable bonds is 4. The Morgan fingerprint density at radius 1 is 1.07 bits per heavy atom. The van der Waals surface area contributed by atoms with E-state index < -0.39 is 17.8 Å². The molecule has 27 heavy (non-hydrogen) atoms. The number of imide groups is 1. The van der Waals surface area contributed by atoms with E-state index in [1.807, 2.05) is 26.0 Å². The SMILES string of the molecule is COC(=O)c1cccc(NC2=C(Cl)C(=O)N(c3cc(C)ccc3C)C2=O)c1. The lowest BCUT2D eigenvalue weighted by molar-refractivity contribution is -0.120. The third-order valence-electron chi connectivity index (χ3n) is 4.19. The number of anilines is 2. The Hall–Kier alpha value is -3.12. The highest BCUT2D eigenvalue weighted by Gasteiger charge is 2.39. The van der Waals surface area contributed by atoms with Gasteiger partial charge in [0.25, 0.3) is 11.8 Å². The topological polar surface area (TPSA) is 75.7 Å². The van der Waals surface area contributed by atoms with Crippen LogP contribution in [-0.2, 0) is 14.3 Å². The first kappa shape index (κ1) is 18.7. The number of methoxy groups -OCH3 is 1. The fourth-order valence-electron chi connectivity index (χ4n) is 2.78. The largest absolute Gasteiger partial charge is 0.465 e. The minimum atomic E-state index is -0.595. The fraction of sp³-hybridized carbons (Fsp3) is 0.150. The second kappa shape index (κ2) is 7.25. The van der Waals surface area contributed by atoms with E-state index in [0.29, 0.717) is 16.9 Å². The van der Waals surface area contributed by atoms with Crippen molar-refractivity contribution in [1.29, 1.82) is 0 Å². The molecule has 0 unspecified atom stereocenters. The van der Waals surface area contributed by atoms with Gasteiger partial charge in [-0.1, -0.05) is 29.8 Å². The summed E-state index contributed by atoms with van der Waals surface area (Å²) >= 11 is 6.15. The number of nitrogens with one attached hydrogen (secondary N) is 1. The minimum Gasteiger partial charge on any atom is -0.465 e. The number of ether oxygens (including phenoxy) is 1. The molecule has 7 heteroatoms. The smallest absolute Gasteiger partial charge is 0.337 e. The van der Waals surface area contributed by atoms with Crippen molar-refractivity contribution in [3.63, 3.8) is 0 Å². The maximum absolute atomic E-state index is 12.9. The molecule has 1 N–H and O–H groups in total. The molecule has 0 spiro atoms. The quantitative estimate of drug-likeness (QED) is 0.644. The van der Waals surface area contributed by atoms with E-state index in [9.17, 15) is 14.4 Å². The molecule has 1 aliphatic rings. The molecule has 0 aromatic heterocycles. The van der Waals surface area contributed by atoms with Gasteiger partial charge in [-0.2, -0.15) is 0 Å². The molecule has 3 rings (SSSR count). The van der Waals surface area contributed by atoms with Crippen LogP contribution in [0.25, 0.3) is 0 Å². The van der Waals surface area contributed by atoms with E-state index in [1.54, 1.807) is 24.3 Å². The summed E-state index contributed by atoms with van der Waals surface area (Å²) in [5.74, 6) is -1.66. The van der Waals surface area contributed by atoms with Crippen LogP contribution in [0.15, 0.2) is 53.2 Å². The van der Waals surface area contributed by atoms with Gasteiger partial charge in [-0.3, -0.25) is 9.59 Å². The molecular weight excluding hydrogens is 368 g/mol. The summed E-state index contributed by atoms with van der Waals surface area (Å²) in [6.07, 6.45) is 0. The van der Waals surface area contributed by atoms with E-state index in [0.717, 1.165) is 16.0 Å². The molecule has 0 bridgehead atoms. The molecule has 0 saturated heterocycles. The zero-order valence-electron chi connectivity index (χ0n) is 15.0. The molecule has 2 aromatic carbocycles. The Morgan fingerprint density at radius 2 is 1.81 bits per heavy atom. The monoisotopic (exact) mass is 384 g/mol. The van der Waals surface area contributed by atoms with Crippen molar-refractivity contribution in [2.75, 3.05) is 17.3 Å². The number of benzene rings is 2. The first-order chi connectivity index (χ1) is 12.8. The Kier molecular flexibility index (Phi) is 5.01. The van der Waals surface area contributed by atoms with Crippen LogP contribution in [0.3, 0.4) is 0 Å². The standard InChI is InChI=1S/C20H17ClN2O4/c1-11-7-8-12(2)15(9-11)23-18(24)16(21)17(19(23)25)22-14-6-4-5-13(10-14)20(26)27-3/h4-10,22H,1-3H3. The molecule has 0 atom stereocenters. The van der Waals surface area contributed by atoms with Crippen LogP contribution >= 0.6 is 11.6 Å². The van der Waals surface area contributed by atoms with E-state index in [4.69, 9.17) is 11.6 Å². The van der Waals surface area contributed by atoms with E-state index >= 15 is 0 Å². The van der Waals surface area contributed by atoms with E-state index in [2.05, 4.69) is 10.1 Å². The third-order valence-corrected chi connectivity index (χ3v) is 4.54. The molecule has 1 aliphatic heterocycles. The van der Waals surface area contributed by atoms with Crippen LogP contribution in [0.2, 0.25) is 0 Å². The van der Waals surface area contributed by atoms with E-state index in [1.165, 1.54) is 13.2 Å². The molecule has 2 amide bonds. The highest BCUT2D eigenvalue weighted by molar-refractivity contribution is 6.53. The zero-order valence-corrected chi connectivity index (χ0v) is 15.8. The predicted octanol–water partition coefficient (Wildman–Crippen LogP) is 3.53. The van der Waals surface area contributed by atoms with Gasteiger partial charge in [0, 0.05) is 5.69 Å². The van der Waals surface area contributed by atoms with Crippen molar-refractivity contribution in [2.24, 2.45) is 0 Å². The van der Waals surface area contributed by atoms with Gasteiger partial charge in [0.15, 0.2) is 0 Å². The molecule has 0 aliphatic carbocycles. The molecule has 6 nitrogen and oxygen atoms in total. The second-order valence-electron chi connectivity index (χ2n) is 6.12. The van der Waals surface area contributed by atoms with Gasteiger partial charge in [0.2, 0.25) is 0 Å². The second-order valence-corrected chi connectivity index (χ2v) is 6.50. The summed E-state index contributed by atoms with van der Waals surface area (Å²) in [6.45, 7) is 3.69. The van der Waals surface area contributed by atoms with E-state index in [-0.39, 0.29) is 10.7 Å². The molecule has 2 aromatic rings. The van der Waals surface area contributed by atoms with Crippen LogP contribution in [0.4, 0.5) is 11.4 Å². The van der Waals surface area contributed by atoms with Gasteiger partial charge >= 0.3 is 5.97 Å². The Bertz CT molecular complexity index is 997. The maximum atomic E-state index is 12.9. The molecular formula is C20H17ClN2O4. The van der Waals surface area contributed by atoms with Gasteiger partial charge < -0.3 is 10.1 Å². The normalized spacial score (nSPS) is 14.0. The Morgan fingerprint density at radius 3 is 2.52 bits per heavy atom. The first-order valence-corrected chi connectivity index (χ1v) is 8.52. The summed E-state index contributed by atoms with van der Waals surface area (Å²) in [6, 6.07) is 11.9. The molecule has 0 fully saturated rings. The molecule has 0 radical (unpaired) electrons. The minimum absolute atomic E-state index is 0.0374. The van der Waals surface area contributed by atoms with Crippen LogP contribution in [0.5, 0.6) is 0 Å². The highest BCUT2D eigenvalue weighted by Crippen LogP contribution is 2.32. The predicted molar refractivity (Wildman–Crippen MR) is 103 cm³/mol.